The Balaban J connectivity index is 1.39. The molecule has 0 radical (unpaired) electrons. The number of aliphatic hydroxyl groups excluding tert-OH is 1. The van der Waals surface area contributed by atoms with Gasteiger partial charge in [0.05, 0.1) is 17.8 Å². The Morgan fingerprint density at radius 1 is 1.14 bits per heavy atom. The first-order valence-corrected chi connectivity index (χ1v) is 12.6. The van der Waals surface area contributed by atoms with E-state index in [0.29, 0.717) is 54.2 Å². The van der Waals surface area contributed by atoms with Crippen LogP contribution in [-0.4, -0.2) is 45.0 Å². The molecule has 3 aromatic rings. The number of aliphatic hydroxyl groups is 1. The van der Waals surface area contributed by atoms with E-state index < -0.39 is 6.23 Å². The maximum atomic E-state index is 13.4. The van der Waals surface area contributed by atoms with Crippen LogP contribution in [0.3, 0.4) is 0 Å². The van der Waals surface area contributed by atoms with Crippen LogP contribution in [0.25, 0.3) is 0 Å². The van der Waals surface area contributed by atoms with Crippen LogP contribution in [0.1, 0.15) is 52.3 Å². The van der Waals surface area contributed by atoms with Gasteiger partial charge in [-0.05, 0) is 54.8 Å². The second kappa shape index (κ2) is 9.99. The number of nitrogens with one attached hydrogen (secondary N) is 1. The average Bonchev–Trinajstić information content (AvgIpc) is 2.89. The Hall–Kier alpha value is -3.69. The van der Waals surface area contributed by atoms with Crippen LogP contribution in [0, 0.1) is 0 Å². The normalized spacial score (nSPS) is 15.7. The first-order valence-electron chi connectivity index (χ1n) is 12.2. The van der Waals surface area contributed by atoms with Crippen LogP contribution in [0.15, 0.2) is 47.3 Å². The van der Waals surface area contributed by atoms with Gasteiger partial charge in [0.25, 0.3) is 11.5 Å². The molecule has 3 heterocycles. The number of carbonyl (C=O) groups is 2. The molecular formula is C27H28ClN5O4. The molecule has 2 aliphatic rings. The molecule has 9 nitrogen and oxygen atoms in total. The maximum Gasteiger partial charge on any atom is 0.262 e. The minimum absolute atomic E-state index is 0.0585. The molecule has 2 aliphatic heterocycles. The smallest absolute Gasteiger partial charge is 0.262 e. The summed E-state index contributed by atoms with van der Waals surface area (Å²) >= 11 is 5.96. The van der Waals surface area contributed by atoms with Gasteiger partial charge in [0.1, 0.15) is 6.23 Å². The van der Waals surface area contributed by atoms with Crippen molar-refractivity contribution < 1.29 is 14.7 Å². The lowest BCUT2D eigenvalue weighted by Gasteiger charge is -2.30. The fourth-order valence-corrected chi connectivity index (χ4v) is 5.02. The van der Waals surface area contributed by atoms with Crippen molar-refractivity contribution >= 4 is 35.1 Å². The SMILES string of the molecule is CC(O)n1c(NCc2ccc(Cl)cc2)nc2c(c1=O)CN(C(=O)c1ccc3c(c1)CCC(=O)N3C)CC2. The van der Waals surface area contributed by atoms with Gasteiger partial charge in [-0.3, -0.25) is 19.0 Å². The summed E-state index contributed by atoms with van der Waals surface area (Å²) in [5, 5.41) is 14.2. The third-order valence-electron chi connectivity index (χ3n) is 6.96. The second-order valence-electron chi connectivity index (χ2n) is 9.42. The van der Waals surface area contributed by atoms with Gasteiger partial charge in [0, 0.05) is 49.3 Å². The molecule has 37 heavy (non-hydrogen) atoms. The predicted octanol–water partition coefficient (Wildman–Crippen LogP) is 3.13. The Morgan fingerprint density at radius 3 is 2.62 bits per heavy atom. The highest BCUT2D eigenvalue weighted by Gasteiger charge is 2.29. The fourth-order valence-electron chi connectivity index (χ4n) is 4.89. The molecule has 2 aromatic carbocycles. The first kappa shape index (κ1) is 25.0. The summed E-state index contributed by atoms with van der Waals surface area (Å²) in [6, 6.07) is 12.7. The van der Waals surface area contributed by atoms with E-state index in [4.69, 9.17) is 11.6 Å². The maximum absolute atomic E-state index is 13.4. The van der Waals surface area contributed by atoms with Crippen molar-refractivity contribution in [3.63, 3.8) is 0 Å². The highest BCUT2D eigenvalue weighted by atomic mass is 35.5. The Labute approximate surface area is 219 Å². The predicted molar refractivity (Wildman–Crippen MR) is 141 cm³/mol. The fraction of sp³-hybridized carbons (Fsp3) is 0.333. The summed E-state index contributed by atoms with van der Waals surface area (Å²) in [5.74, 6) is 0.158. The number of rotatable bonds is 5. The van der Waals surface area contributed by atoms with Crippen molar-refractivity contribution in [2.45, 2.75) is 45.5 Å². The highest BCUT2D eigenvalue weighted by molar-refractivity contribution is 6.30. The third-order valence-corrected chi connectivity index (χ3v) is 7.21. The standard InChI is InChI=1S/C27H28ClN5O4/c1-16(34)33-26(37)21-15-32(25(36)19-5-9-23-18(13-19)6-10-24(35)31(23)2)12-11-22(21)30-27(33)29-14-17-3-7-20(28)8-4-17/h3-5,7-9,13,16,34H,6,10-12,14-15H2,1-2H3,(H,29,30). The number of carbonyl (C=O) groups excluding carboxylic acids is 2. The number of hydrogen-bond acceptors (Lipinski definition) is 6. The minimum atomic E-state index is -1.11. The Morgan fingerprint density at radius 2 is 1.89 bits per heavy atom. The van der Waals surface area contributed by atoms with Crippen LogP contribution < -0.4 is 15.8 Å². The lowest BCUT2D eigenvalue weighted by atomic mass is 9.98. The molecule has 0 bridgehead atoms. The van der Waals surface area contributed by atoms with E-state index in [9.17, 15) is 19.5 Å². The van der Waals surface area contributed by atoms with Crippen LogP contribution in [0.2, 0.25) is 5.02 Å². The molecule has 1 unspecified atom stereocenters. The van der Waals surface area contributed by atoms with Crippen molar-refractivity contribution in [2.75, 3.05) is 23.8 Å². The van der Waals surface area contributed by atoms with Crippen LogP contribution in [0.4, 0.5) is 11.6 Å². The van der Waals surface area contributed by atoms with E-state index in [2.05, 4.69) is 10.3 Å². The van der Waals surface area contributed by atoms with Crippen molar-refractivity contribution in [1.82, 2.24) is 14.5 Å². The summed E-state index contributed by atoms with van der Waals surface area (Å²) in [4.78, 5) is 46.7. The quantitative estimate of drug-likeness (QED) is 0.534. The van der Waals surface area contributed by atoms with E-state index in [1.165, 1.54) is 11.5 Å². The van der Waals surface area contributed by atoms with Crippen molar-refractivity contribution in [2.24, 2.45) is 0 Å². The Bertz CT molecular complexity index is 1430. The zero-order chi connectivity index (χ0) is 26.3. The van der Waals surface area contributed by atoms with Crippen LogP contribution >= 0.6 is 11.6 Å². The van der Waals surface area contributed by atoms with E-state index >= 15 is 0 Å². The lowest BCUT2D eigenvalue weighted by molar-refractivity contribution is -0.118. The van der Waals surface area contributed by atoms with Crippen molar-refractivity contribution in [3.05, 3.63) is 85.8 Å². The van der Waals surface area contributed by atoms with Gasteiger partial charge in [-0.15, -0.1) is 0 Å². The molecular weight excluding hydrogens is 494 g/mol. The highest BCUT2D eigenvalue weighted by Crippen LogP contribution is 2.29. The summed E-state index contributed by atoms with van der Waals surface area (Å²) < 4.78 is 1.22. The monoisotopic (exact) mass is 521 g/mol. The number of benzene rings is 2. The molecule has 0 spiro atoms. The molecule has 0 fully saturated rings. The molecule has 10 heteroatoms. The van der Waals surface area contributed by atoms with E-state index in [1.807, 2.05) is 18.2 Å². The van der Waals surface area contributed by atoms with Crippen molar-refractivity contribution in [3.8, 4) is 0 Å². The van der Waals surface area contributed by atoms with Gasteiger partial charge >= 0.3 is 0 Å². The average molecular weight is 522 g/mol. The van der Waals surface area contributed by atoms with Crippen LogP contribution in [0.5, 0.6) is 0 Å². The number of anilines is 2. The van der Waals surface area contributed by atoms with E-state index in [-0.39, 0.29) is 29.9 Å². The van der Waals surface area contributed by atoms with Gasteiger partial charge in [-0.1, -0.05) is 23.7 Å². The summed E-state index contributed by atoms with van der Waals surface area (Å²) in [7, 11) is 1.74. The second-order valence-corrected chi connectivity index (χ2v) is 9.86. The summed E-state index contributed by atoms with van der Waals surface area (Å²) in [6.07, 6.45) is 0.327. The van der Waals surface area contributed by atoms with E-state index in [0.717, 1.165) is 16.8 Å². The van der Waals surface area contributed by atoms with Crippen LogP contribution in [-0.2, 0) is 30.7 Å². The molecule has 192 valence electrons. The molecule has 0 aliphatic carbocycles. The number of aromatic nitrogens is 2. The number of amides is 2. The van der Waals surface area contributed by atoms with Gasteiger partial charge in [0.2, 0.25) is 11.9 Å². The van der Waals surface area contributed by atoms with E-state index in [1.54, 1.807) is 41.1 Å². The number of nitrogens with zero attached hydrogens (tertiary/aromatic N) is 4. The number of aryl methyl sites for hydroxylation is 1. The number of fused-ring (bicyclic) bond motifs is 2. The number of halogens is 1. The molecule has 2 amide bonds. The summed E-state index contributed by atoms with van der Waals surface area (Å²) in [5.41, 5.74) is 3.90. The lowest BCUT2D eigenvalue weighted by Crippen LogP contribution is -2.42. The van der Waals surface area contributed by atoms with Crippen molar-refractivity contribution in [1.29, 1.82) is 0 Å². The molecule has 0 saturated carbocycles. The minimum Gasteiger partial charge on any atom is -0.373 e. The number of hydrogen-bond donors (Lipinski definition) is 2. The molecule has 2 N–H and O–H groups in total. The molecule has 1 atom stereocenters. The van der Waals surface area contributed by atoms with Gasteiger partial charge in [-0.25, -0.2) is 4.98 Å². The molecule has 0 saturated heterocycles. The third kappa shape index (κ3) is 4.84. The molecule has 5 rings (SSSR count). The molecule has 1 aromatic heterocycles. The van der Waals surface area contributed by atoms with Gasteiger partial charge in [-0.2, -0.15) is 0 Å². The topological polar surface area (TPSA) is 108 Å². The zero-order valence-corrected chi connectivity index (χ0v) is 21.5. The van der Waals surface area contributed by atoms with Gasteiger partial charge < -0.3 is 20.2 Å². The largest absolute Gasteiger partial charge is 0.373 e. The zero-order valence-electron chi connectivity index (χ0n) is 20.7. The summed E-state index contributed by atoms with van der Waals surface area (Å²) in [6.45, 7) is 2.44. The van der Waals surface area contributed by atoms with Gasteiger partial charge in [0.15, 0.2) is 0 Å². The first-order chi connectivity index (χ1) is 17.7. The Kier molecular flexibility index (Phi) is 6.74.